The molecule has 9 heteroatoms. The van der Waals surface area contributed by atoms with Crippen molar-refractivity contribution in [1.29, 1.82) is 0 Å². The number of aromatic nitrogens is 4. The largest absolute Gasteiger partial charge is 0.378 e. The lowest BCUT2D eigenvalue weighted by Crippen LogP contribution is -2.36. The summed E-state index contributed by atoms with van der Waals surface area (Å²) in [5.41, 5.74) is 3.80. The van der Waals surface area contributed by atoms with Crippen molar-refractivity contribution < 1.29 is 9.13 Å². The zero-order valence-electron chi connectivity index (χ0n) is 16.9. The van der Waals surface area contributed by atoms with Crippen LogP contribution in [0.3, 0.4) is 0 Å². The fourth-order valence-corrected chi connectivity index (χ4v) is 3.74. The second-order valence-electron chi connectivity index (χ2n) is 7.40. The predicted octanol–water partition coefficient (Wildman–Crippen LogP) is 3.04. The molecule has 2 aromatic heterocycles. The van der Waals surface area contributed by atoms with Crippen LogP contribution in [0.25, 0.3) is 22.2 Å². The average Bonchev–Trinajstić information content (AvgIpc) is 3.34. The molecule has 5 rings (SSSR count). The van der Waals surface area contributed by atoms with Crippen molar-refractivity contribution >= 4 is 28.2 Å². The first-order valence-corrected chi connectivity index (χ1v) is 9.99. The molecule has 0 spiro atoms. The molecule has 0 aliphatic carbocycles. The fraction of sp³-hybridized carbons (Fsp3) is 0.227. The van der Waals surface area contributed by atoms with Crippen LogP contribution in [0, 0.1) is 5.82 Å². The van der Waals surface area contributed by atoms with Gasteiger partial charge in [-0.25, -0.2) is 9.37 Å². The van der Waals surface area contributed by atoms with E-state index >= 15 is 0 Å². The van der Waals surface area contributed by atoms with Gasteiger partial charge < -0.3 is 19.5 Å². The van der Waals surface area contributed by atoms with Gasteiger partial charge in [-0.1, -0.05) is 6.07 Å². The summed E-state index contributed by atoms with van der Waals surface area (Å²) in [5.74, 6) is -0.368. The lowest BCUT2D eigenvalue weighted by molar-refractivity contribution is 0.122. The molecule has 2 N–H and O–H groups in total. The van der Waals surface area contributed by atoms with Crippen LogP contribution < -0.4 is 15.8 Å². The number of morpholine rings is 1. The number of hydrogen-bond acceptors (Lipinski definition) is 6. The van der Waals surface area contributed by atoms with Gasteiger partial charge in [0, 0.05) is 37.6 Å². The number of benzene rings is 2. The predicted molar refractivity (Wildman–Crippen MR) is 117 cm³/mol. The minimum atomic E-state index is -0.441. The van der Waals surface area contributed by atoms with E-state index in [-0.39, 0.29) is 17.1 Å². The van der Waals surface area contributed by atoms with Gasteiger partial charge in [0.1, 0.15) is 5.82 Å². The van der Waals surface area contributed by atoms with Gasteiger partial charge >= 0.3 is 0 Å². The van der Waals surface area contributed by atoms with Gasteiger partial charge in [0.2, 0.25) is 0 Å². The normalized spacial score (nSPS) is 14.2. The van der Waals surface area contributed by atoms with Crippen LogP contribution in [0.2, 0.25) is 0 Å². The number of H-pyrrole nitrogens is 1. The Balaban J connectivity index is 1.47. The van der Waals surface area contributed by atoms with Crippen molar-refractivity contribution in [3.63, 3.8) is 0 Å². The standard InChI is InChI=1S/C22H21FN6O2/c1-28-20-10-14(15-12-24-25-13-15)2-4-19(20)27-21(22(28)30)26-18-5-3-16(11-17(18)23)29-6-8-31-9-7-29/h2-5,10-13H,6-9H2,1H3,(H,24,25)(H,26,27). The number of fused-ring (bicyclic) bond motifs is 1. The molecule has 1 aliphatic rings. The van der Waals surface area contributed by atoms with E-state index in [2.05, 4.69) is 25.4 Å². The number of ether oxygens (including phenoxy) is 1. The number of aryl methyl sites for hydroxylation is 1. The molecule has 3 heterocycles. The number of nitrogens with zero attached hydrogens (tertiary/aromatic N) is 4. The summed E-state index contributed by atoms with van der Waals surface area (Å²) in [5, 5.41) is 9.61. The topological polar surface area (TPSA) is 88.1 Å². The van der Waals surface area contributed by atoms with Crippen molar-refractivity contribution in [2.75, 3.05) is 36.5 Å². The first-order valence-electron chi connectivity index (χ1n) is 9.99. The number of rotatable bonds is 4. The van der Waals surface area contributed by atoms with Gasteiger partial charge in [-0.05, 0) is 35.9 Å². The number of anilines is 3. The highest BCUT2D eigenvalue weighted by Crippen LogP contribution is 2.26. The number of aromatic amines is 1. The van der Waals surface area contributed by atoms with Crippen molar-refractivity contribution in [3.05, 3.63) is 65.0 Å². The van der Waals surface area contributed by atoms with Crippen molar-refractivity contribution in [3.8, 4) is 11.1 Å². The summed E-state index contributed by atoms with van der Waals surface area (Å²) in [7, 11) is 1.68. The van der Waals surface area contributed by atoms with E-state index in [9.17, 15) is 9.18 Å². The summed E-state index contributed by atoms with van der Waals surface area (Å²) >= 11 is 0. The minimum Gasteiger partial charge on any atom is -0.378 e. The Bertz CT molecular complexity index is 1300. The van der Waals surface area contributed by atoms with E-state index in [1.807, 2.05) is 24.3 Å². The molecule has 158 valence electrons. The maximum absolute atomic E-state index is 14.8. The lowest BCUT2D eigenvalue weighted by atomic mass is 10.1. The van der Waals surface area contributed by atoms with Crippen LogP contribution in [-0.2, 0) is 11.8 Å². The quantitative estimate of drug-likeness (QED) is 0.528. The highest BCUT2D eigenvalue weighted by atomic mass is 19.1. The molecule has 0 bridgehead atoms. The van der Waals surface area contributed by atoms with E-state index in [0.29, 0.717) is 24.2 Å². The third-order valence-electron chi connectivity index (χ3n) is 5.49. The van der Waals surface area contributed by atoms with Gasteiger partial charge in [0.25, 0.3) is 5.56 Å². The second-order valence-corrected chi connectivity index (χ2v) is 7.40. The molecule has 0 saturated carbocycles. The van der Waals surface area contributed by atoms with Crippen LogP contribution in [0.5, 0.6) is 0 Å². The van der Waals surface area contributed by atoms with Gasteiger partial charge in [-0.3, -0.25) is 9.89 Å². The summed E-state index contributed by atoms with van der Waals surface area (Å²) < 4.78 is 21.6. The summed E-state index contributed by atoms with van der Waals surface area (Å²) in [6, 6.07) is 10.6. The maximum atomic E-state index is 14.8. The Kier molecular flexibility index (Phi) is 4.87. The van der Waals surface area contributed by atoms with Crippen molar-refractivity contribution in [2.24, 2.45) is 7.05 Å². The van der Waals surface area contributed by atoms with E-state index in [0.717, 1.165) is 29.9 Å². The number of hydrogen-bond donors (Lipinski definition) is 2. The van der Waals surface area contributed by atoms with Gasteiger partial charge in [-0.15, -0.1) is 0 Å². The Morgan fingerprint density at radius 2 is 1.97 bits per heavy atom. The van der Waals surface area contributed by atoms with Crippen LogP contribution in [0.15, 0.2) is 53.6 Å². The third-order valence-corrected chi connectivity index (χ3v) is 5.49. The second kappa shape index (κ2) is 7.84. The summed E-state index contributed by atoms with van der Waals surface area (Å²) in [6.45, 7) is 2.70. The number of nitrogens with one attached hydrogen (secondary N) is 2. The zero-order valence-corrected chi connectivity index (χ0v) is 16.9. The van der Waals surface area contributed by atoms with Crippen LogP contribution in [0.4, 0.5) is 21.6 Å². The molecule has 0 unspecified atom stereocenters. The smallest absolute Gasteiger partial charge is 0.293 e. The highest BCUT2D eigenvalue weighted by molar-refractivity contribution is 5.83. The Labute approximate surface area is 177 Å². The minimum absolute atomic E-state index is 0.0732. The van der Waals surface area contributed by atoms with Gasteiger partial charge in [0.05, 0.1) is 36.1 Å². The van der Waals surface area contributed by atoms with Crippen molar-refractivity contribution in [1.82, 2.24) is 19.7 Å². The summed E-state index contributed by atoms with van der Waals surface area (Å²) in [6.07, 6.45) is 3.50. The molecule has 1 fully saturated rings. The molecule has 2 aromatic carbocycles. The van der Waals surface area contributed by atoms with E-state index in [4.69, 9.17) is 4.74 Å². The third kappa shape index (κ3) is 3.64. The molecule has 0 atom stereocenters. The van der Waals surface area contributed by atoms with E-state index in [1.165, 1.54) is 10.6 Å². The molecule has 1 saturated heterocycles. The Morgan fingerprint density at radius 3 is 2.71 bits per heavy atom. The summed E-state index contributed by atoms with van der Waals surface area (Å²) in [4.78, 5) is 19.4. The van der Waals surface area contributed by atoms with Gasteiger partial charge in [-0.2, -0.15) is 5.10 Å². The number of halogens is 1. The molecule has 4 aromatic rings. The molecule has 0 radical (unpaired) electrons. The zero-order chi connectivity index (χ0) is 21.4. The highest BCUT2D eigenvalue weighted by Gasteiger charge is 2.15. The van der Waals surface area contributed by atoms with E-state index in [1.54, 1.807) is 25.5 Å². The molecule has 8 nitrogen and oxygen atoms in total. The fourth-order valence-electron chi connectivity index (χ4n) is 3.74. The van der Waals surface area contributed by atoms with Gasteiger partial charge in [0.15, 0.2) is 5.82 Å². The van der Waals surface area contributed by atoms with Crippen LogP contribution in [-0.4, -0.2) is 46.1 Å². The van der Waals surface area contributed by atoms with Crippen LogP contribution in [0.1, 0.15) is 0 Å². The first-order chi connectivity index (χ1) is 15.1. The molecule has 31 heavy (non-hydrogen) atoms. The molecular weight excluding hydrogens is 399 g/mol. The molecular formula is C22H21FN6O2. The van der Waals surface area contributed by atoms with Crippen molar-refractivity contribution in [2.45, 2.75) is 0 Å². The molecule has 1 aliphatic heterocycles. The Hall–Kier alpha value is -3.72. The maximum Gasteiger partial charge on any atom is 0.293 e. The van der Waals surface area contributed by atoms with Crippen LogP contribution >= 0.6 is 0 Å². The average molecular weight is 420 g/mol. The Morgan fingerprint density at radius 1 is 1.13 bits per heavy atom. The van der Waals surface area contributed by atoms with E-state index < -0.39 is 5.82 Å². The lowest BCUT2D eigenvalue weighted by Gasteiger charge is -2.29. The SMILES string of the molecule is Cn1c(=O)c(Nc2ccc(N3CCOCC3)cc2F)nc2ccc(-c3cn[nH]c3)cc21. The first kappa shape index (κ1) is 19.3. The molecule has 0 amide bonds. The monoisotopic (exact) mass is 420 g/mol.